The van der Waals surface area contributed by atoms with Gasteiger partial charge in [-0.2, -0.15) is 0 Å². The zero-order valence-electron chi connectivity index (χ0n) is 13.5. The van der Waals surface area contributed by atoms with E-state index in [2.05, 4.69) is 26.0 Å². The number of hydrogen-bond acceptors (Lipinski definition) is 4. The second-order valence-corrected chi connectivity index (χ2v) is 8.26. The molecule has 4 aliphatic rings. The number of carbonyl (C=O) groups excluding carboxylic acids is 2. The highest BCUT2D eigenvalue weighted by atomic mass is 16.6. The van der Waals surface area contributed by atoms with Gasteiger partial charge in [-0.05, 0) is 44.4 Å². The number of ether oxygens (including phenoxy) is 2. The molecule has 3 aliphatic carbocycles. The van der Waals surface area contributed by atoms with Gasteiger partial charge in [-0.1, -0.05) is 26.0 Å². The Kier molecular flexibility index (Phi) is 2.83. The number of carbonyl (C=O) groups is 2. The van der Waals surface area contributed by atoms with Crippen LogP contribution in [0.25, 0.3) is 0 Å². The maximum atomic E-state index is 12.6. The second kappa shape index (κ2) is 4.36. The van der Waals surface area contributed by atoms with Gasteiger partial charge in [0.25, 0.3) is 0 Å². The summed E-state index contributed by atoms with van der Waals surface area (Å²) in [5.74, 6) is 0.268. The fourth-order valence-electron chi connectivity index (χ4n) is 5.06. The first-order valence-corrected chi connectivity index (χ1v) is 8.43. The van der Waals surface area contributed by atoms with Gasteiger partial charge in [-0.25, -0.2) is 4.79 Å². The Hall–Kier alpha value is -1.32. The molecule has 0 aromatic carbocycles. The topological polar surface area (TPSA) is 52.6 Å². The lowest BCUT2D eigenvalue weighted by Crippen LogP contribution is -2.56. The van der Waals surface area contributed by atoms with Crippen LogP contribution in [0.5, 0.6) is 0 Å². The van der Waals surface area contributed by atoms with Crippen molar-refractivity contribution in [1.82, 2.24) is 0 Å². The molecule has 6 atom stereocenters. The number of fused-ring (bicyclic) bond motifs is 4. The molecule has 1 saturated heterocycles. The van der Waals surface area contributed by atoms with Gasteiger partial charge in [0.2, 0.25) is 6.10 Å². The van der Waals surface area contributed by atoms with E-state index in [9.17, 15) is 9.59 Å². The van der Waals surface area contributed by atoms with Crippen molar-refractivity contribution in [3.8, 4) is 0 Å². The van der Waals surface area contributed by atoms with Crippen LogP contribution in [0.4, 0.5) is 0 Å². The third kappa shape index (κ3) is 1.76. The minimum atomic E-state index is -0.721. The van der Waals surface area contributed by atoms with E-state index in [1.54, 1.807) is 0 Å². The van der Waals surface area contributed by atoms with Crippen LogP contribution in [0, 0.1) is 29.1 Å². The minimum absolute atomic E-state index is 0.0665. The fourth-order valence-corrected chi connectivity index (χ4v) is 5.06. The van der Waals surface area contributed by atoms with Gasteiger partial charge in [-0.15, -0.1) is 0 Å². The average Bonchev–Trinajstić information content (AvgIpc) is 3.09. The molecule has 120 valence electrons. The number of allylic oxidation sites excluding steroid dienone is 2. The van der Waals surface area contributed by atoms with Gasteiger partial charge in [0.1, 0.15) is 5.60 Å². The summed E-state index contributed by atoms with van der Waals surface area (Å²) in [5.41, 5.74) is -0.576. The molecule has 0 aromatic rings. The van der Waals surface area contributed by atoms with Gasteiger partial charge in [0, 0.05) is 11.3 Å². The Bertz CT molecular complexity index is 563. The van der Waals surface area contributed by atoms with Crippen molar-refractivity contribution in [1.29, 1.82) is 0 Å². The molecule has 0 radical (unpaired) electrons. The predicted molar refractivity (Wildman–Crippen MR) is 79.7 cm³/mol. The second-order valence-electron chi connectivity index (χ2n) is 8.26. The standard InChI is InChI=1S/C18H24O4/c1-17(2)13-6-7-18(17,3)22-16(20)14(13)21-15(19)12-9-10-4-5-11(12)8-10/h4-5,10-14H,6-9H2,1-3H3. The molecule has 4 bridgehead atoms. The van der Waals surface area contributed by atoms with Crippen LogP contribution in [0.3, 0.4) is 0 Å². The first-order chi connectivity index (χ1) is 10.3. The smallest absolute Gasteiger partial charge is 0.348 e. The molecule has 6 unspecified atom stereocenters. The van der Waals surface area contributed by atoms with E-state index in [4.69, 9.17) is 9.47 Å². The van der Waals surface area contributed by atoms with E-state index >= 15 is 0 Å². The van der Waals surface area contributed by atoms with Crippen molar-refractivity contribution in [2.24, 2.45) is 29.1 Å². The summed E-state index contributed by atoms with van der Waals surface area (Å²) in [6.45, 7) is 6.25. The third-order valence-electron chi connectivity index (χ3n) is 6.97. The molecule has 0 spiro atoms. The maximum absolute atomic E-state index is 12.6. The van der Waals surface area contributed by atoms with Crippen molar-refractivity contribution in [3.05, 3.63) is 12.2 Å². The predicted octanol–water partition coefficient (Wildman–Crippen LogP) is 2.86. The Morgan fingerprint density at radius 3 is 2.68 bits per heavy atom. The van der Waals surface area contributed by atoms with Crippen molar-refractivity contribution < 1.29 is 19.1 Å². The molecule has 3 fully saturated rings. The quantitative estimate of drug-likeness (QED) is 0.581. The highest BCUT2D eigenvalue weighted by Crippen LogP contribution is 2.57. The molecule has 4 heteroatoms. The highest BCUT2D eigenvalue weighted by Gasteiger charge is 2.63. The molecule has 4 rings (SSSR count). The first kappa shape index (κ1) is 14.3. The highest BCUT2D eigenvalue weighted by molar-refractivity contribution is 5.82. The van der Waals surface area contributed by atoms with Crippen molar-refractivity contribution in [2.45, 2.75) is 58.2 Å². The van der Waals surface area contributed by atoms with Crippen LogP contribution in [0.1, 0.15) is 46.5 Å². The molecule has 4 nitrogen and oxygen atoms in total. The molecular weight excluding hydrogens is 280 g/mol. The number of esters is 2. The van der Waals surface area contributed by atoms with Crippen LogP contribution < -0.4 is 0 Å². The molecule has 0 N–H and O–H groups in total. The van der Waals surface area contributed by atoms with E-state index < -0.39 is 11.7 Å². The Labute approximate surface area is 131 Å². The Balaban J connectivity index is 1.52. The number of hydrogen-bond donors (Lipinski definition) is 0. The molecule has 22 heavy (non-hydrogen) atoms. The largest absolute Gasteiger partial charge is 0.456 e. The summed E-state index contributed by atoms with van der Waals surface area (Å²) in [6.07, 6.45) is 7.27. The number of rotatable bonds is 2. The summed E-state index contributed by atoms with van der Waals surface area (Å²) in [6, 6.07) is 0. The van der Waals surface area contributed by atoms with Crippen LogP contribution in [0.2, 0.25) is 0 Å². The van der Waals surface area contributed by atoms with E-state index in [1.807, 2.05) is 6.92 Å². The van der Waals surface area contributed by atoms with E-state index in [1.165, 1.54) is 0 Å². The zero-order chi connectivity index (χ0) is 15.7. The van der Waals surface area contributed by atoms with E-state index in [0.717, 1.165) is 25.7 Å². The molecular formula is C18H24O4. The molecule has 0 aromatic heterocycles. The van der Waals surface area contributed by atoms with Gasteiger partial charge < -0.3 is 9.47 Å². The first-order valence-electron chi connectivity index (χ1n) is 8.43. The lowest BCUT2D eigenvalue weighted by atomic mass is 9.69. The van der Waals surface area contributed by atoms with Gasteiger partial charge in [0.15, 0.2) is 0 Å². The summed E-state index contributed by atoms with van der Waals surface area (Å²) in [5, 5.41) is 0. The fraction of sp³-hybridized carbons (Fsp3) is 0.778. The average molecular weight is 304 g/mol. The lowest BCUT2D eigenvalue weighted by Gasteiger charge is -2.47. The summed E-state index contributed by atoms with van der Waals surface area (Å²) < 4.78 is 11.4. The molecule has 1 heterocycles. The van der Waals surface area contributed by atoms with Gasteiger partial charge in [-0.3, -0.25) is 4.79 Å². The van der Waals surface area contributed by atoms with Crippen molar-refractivity contribution in [2.75, 3.05) is 0 Å². The van der Waals surface area contributed by atoms with Crippen LogP contribution in [-0.2, 0) is 19.1 Å². The van der Waals surface area contributed by atoms with Crippen LogP contribution >= 0.6 is 0 Å². The summed E-state index contributed by atoms with van der Waals surface area (Å²) in [7, 11) is 0. The minimum Gasteiger partial charge on any atom is -0.456 e. The van der Waals surface area contributed by atoms with Crippen molar-refractivity contribution in [3.63, 3.8) is 0 Å². The Morgan fingerprint density at radius 2 is 2.05 bits per heavy atom. The van der Waals surface area contributed by atoms with Gasteiger partial charge >= 0.3 is 11.9 Å². The van der Waals surface area contributed by atoms with E-state index in [0.29, 0.717) is 11.8 Å². The normalized spacial score (nSPS) is 47.6. The van der Waals surface area contributed by atoms with Crippen LogP contribution in [-0.4, -0.2) is 23.6 Å². The monoisotopic (exact) mass is 304 g/mol. The summed E-state index contributed by atoms with van der Waals surface area (Å²) >= 11 is 0. The SMILES string of the molecule is CC12CCC(C(OC(=O)C3CC4C=CC3C4)C(=O)O1)C2(C)C. The van der Waals surface area contributed by atoms with Gasteiger partial charge in [0.05, 0.1) is 5.92 Å². The van der Waals surface area contributed by atoms with Crippen LogP contribution in [0.15, 0.2) is 12.2 Å². The molecule has 0 amide bonds. The lowest BCUT2D eigenvalue weighted by molar-refractivity contribution is -0.211. The Morgan fingerprint density at radius 1 is 1.27 bits per heavy atom. The van der Waals surface area contributed by atoms with Crippen molar-refractivity contribution >= 4 is 11.9 Å². The molecule has 1 aliphatic heterocycles. The third-order valence-corrected chi connectivity index (χ3v) is 6.97. The zero-order valence-corrected chi connectivity index (χ0v) is 13.5. The van der Waals surface area contributed by atoms with E-state index in [-0.39, 0.29) is 29.2 Å². The maximum Gasteiger partial charge on any atom is 0.348 e. The summed E-state index contributed by atoms with van der Waals surface area (Å²) in [4.78, 5) is 24.9. The molecule has 2 saturated carbocycles.